The first kappa shape index (κ1) is 20.0. The van der Waals surface area contributed by atoms with Crippen LogP contribution in [0.1, 0.15) is 11.1 Å². The number of carbonyl (C=O) groups is 1. The second kappa shape index (κ2) is 7.65. The standard InChI is InChI=1S/C23H19ClN6O2/c1-14-3-4-16(11-15(14)2)19-12-20-22-27-30(23(32)28(22)9-10-29(20)26-19)13-21(31)25-18-7-5-17(24)6-8-18/h3-12H,13H2,1-2H3,(H,25,31). The van der Waals surface area contributed by atoms with E-state index in [4.69, 9.17) is 11.6 Å². The highest BCUT2D eigenvalue weighted by molar-refractivity contribution is 6.30. The van der Waals surface area contributed by atoms with Gasteiger partial charge in [-0.15, -0.1) is 5.10 Å². The summed E-state index contributed by atoms with van der Waals surface area (Å²) in [6.07, 6.45) is 3.30. The minimum atomic E-state index is -0.400. The van der Waals surface area contributed by atoms with Crippen LogP contribution in [-0.4, -0.2) is 29.7 Å². The highest BCUT2D eigenvalue weighted by Crippen LogP contribution is 2.23. The zero-order valence-electron chi connectivity index (χ0n) is 17.4. The van der Waals surface area contributed by atoms with E-state index in [1.165, 1.54) is 15.5 Å². The quantitative estimate of drug-likeness (QED) is 0.456. The Labute approximate surface area is 187 Å². The lowest BCUT2D eigenvalue weighted by Crippen LogP contribution is -2.28. The minimum absolute atomic E-state index is 0.215. The van der Waals surface area contributed by atoms with Gasteiger partial charge in [0.15, 0.2) is 5.65 Å². The van der Waals surface area contributed by atoms with Crippen molar-refractivity contribution in [3.63, 3.8) is 0 Å². The van der Waals surface area contributed by atoms with E-state index in [0.29, 0.717) is 21.9 Å². The van der Waals surface area contributed by atoms with Crippen LogP contribution >= 0.6 is 11.6 Å². The van der Waals surface area contributed by atoms with E-state index in [1.807, 2.05) is 12.1 Å². The van der Waals surface area contributed by atoms with Gasteiger partial charge in [-0.1, -0.05) is 23.7 Å². The first-order chi connectivity index (χ1) is 15.4. The van der Waals surface area contributed by atoms with Crippen LogP contribution in [0.4, 0.5) is 5.69 Å². The number of fused-ring (bicyclic) bond motifs is 3. The largest absolute Gasteiger partial charge is 0.350 e. The van der Waals surface area contributed by atoms with E-state index in [0.717, 1.165) is 15.9 Å². The van der Waals surface area contributed by atoms with Crippen molar-refractivity contribution in [2.45, 2.75) is 20.4 Å². The summed E-state index contributed by atoms with van der Waals surface area (Å²) < 4.78 is 4.24. The highest BCUT2D eigenvalue weighted by Gasteiger charge is 2.15. The number of halogens is 1. The molecule has 0 unspecified atom stereocenters. The number of rotatable bonds is 4. The first-order valence-electron chi connectivity index (χ1n) is 10.00. The summed E-state index contributed by atoms with van der Waals surface area (Å²) >= 11 is 5.87. The predicted molar refractivity (Wildman–Crippen MR) is 123 cm³/mol. The third-order valence-corrected chi connectivity index (χ3v) is 5.67. The van der Waals surface area contributed by atoms with Gasteiger partial charge < -0.3 is 5.32 Å². The summed E-state index contributed by atoms with van der Waals surface area (Å²) in [6, 6.07) is 14.8. The molecule has 1 amide bonds. The second-order valence-corrected chi connectivity index (χ2v) is 8.08. The van der Waals surface area contributed by atoms with Gasteiger partial charge in [-0.25, -0.2) is 18.4 Å². The highest BCUT2D eigenvalue weighted by atomic mass is 35.5. The summed E-state index contributed by atoms with van der Waals surface area (Å²) in [5.41, 5.74) is 5.45. The van der Waals surface area contributed by atoms with E-state index < -0.39 is 5.69 Å². The summed E-state index contributed by atoms with van der Waals surface area (Å²) in [5.74, 6) is -0.363. The van der Waals surface area contributed by atoms with Gasteiger partial charge in [0.1, 0.15) is 12.1 Å². The molecule has 0 radical (unpaired) electrons. The van der Waals surface area contributed by atoms with Gasteiger partial charge in [0.2, 0.25) is 5.91 Å². The van der Waals surface area contributed by atoms with Gasteiger partial charge in [-0.05, 0) is 61.4 Å². The molecule has 3 aromatic heterocycles. The number of amides is 1. The number of aryl methyl sites for hydroxylation is 2. The number of aromatic nitrogens is 5. The maximum Gasteiger partial charge on any atom is 0.350 e. The molecule has 3 heterocycles. The van der Waals surface area contributed by atoms with E-state index in [1.54, 1.807) is 41.2 Å². The van der Waals surface area contributed by atoms with Gasteiger partial charge in [0, 0.05) is 28.7 Å². The number of hydrogen-bond acceptors (Lipinski definition) is 4. The van der Waals surface area contributed by atoms with Crippen molar-refractivity contribution >= 4 is 34.4 Å². The summed E-state index contributed by atoms with van der Waals surface area (Å²) in [5, 5.41) is 12.3. The third kappa shape index (κ3) is 3.54. The monoisotopic (exact) mass is 446 g/mol. The Bertz CT molecular complexity index is 1550. The molecule has 32 heavy (non-hydrogen) atoms. The van der Waals surface area contributed by atoms with Crippen LogP contribution in [0.5, 0.6) is 0 Å². The molecule has 0 fully saturated rings. The lowest BCUT2D eigenvalue weighted by atomic mass is 10.0. The Morgan fingerprint density at radius 2 is 1.78 bits per heavy atom. The molecule has 0 bridgehead atoms. The maximum atomic E-state index is 12.8. The molecule has 1 N–H and O–H groups in total. The fourth-order valence-electron chi connectivity index (χ4n) is 3.55. The molecule has 5 aromatic rings. The molecule has 2 aromatic carbocycles. The SMILES string of the molecule is Cc1ccc(-c2cc3c4nn(CC(=O)Nc5ccc(Cl)cc5)c(=O)n4ccn3n2)cc1C. The molecule has 0 atom stereocenters. The summed E-state index contributed by atoms with van der Waals surface area (Å²) in [7, 11) is 0. The lowest BCUT2D eigenvalue weighted by molar-refractivity contribution is -0.117. The topological polar surface area (TPSA) is 85.7 Å². The van der Waals surface area contributed by atoms with Crippen LogP contribution < -0.4 is 11.0 Å². The summed E-state index contributed by atoms with van der Waals surface area (Å²) in [4.78, 5) is 25.2. The molecule has 0 saturated heterocycles. The number of nitrogens with one attached hydrogen (secondary N) is 1. The van der Waals surface area contributed by atoms with Crippen molar-refractivity contribution in [2.24, 2.45) is 0 Å². The van der Waals surface area contributed by atoms with Crippen molar-refractivity contribution < 1.29 is 4.79 Å². The van der Waals surface area contributed by atoms with Crippen molar-refractivity contribution in [3.05, 3.63) is 87.6 Å². The molecule has 9 heteroatoms. The van der Waals surface area contributed by atoms with E-state index >= 15 is 0 Å². The van der Waals surface area contributed by atoms with Gasteiger partial charge in [0.25, 0.3) is 0 Å². The lowest BCUT2D eigenvalue weighted by Gasteiger charge is -2.04. The van der Waals surface area contributed by atoms with Gasteiger partial charge in [0.05, 0.1) is 5.69 Å². The molecule has 160 valence electrons. The smallest absolute Gasteiger partial charge is 0.324 e. The molecular formula is C23H19ClN6O2. The van der Waals surface area contributed by atoms with Crippen molar-refractivity contribution in [3.8, 4) is 11.3 Å². The van der Waals surface area contributed by atoms with Crippen LogP contribution in [0.3, 0.4) is 0 Å². The van der Waals surface area contributed by atoms with Crippen molar-refractivity contribution in [2.75, 3.05) is 5.32 Å². The molecule has 8 nitrogen and oxygen atoms in total. The Morgan fingerprint density at radius 1 is 1.00 bits per heavy atom. The van der Waals surface area contributed by atoms with E-state index in [-0.39, 0.29) is 12.5 Å². The normalized spacial score (nSPS) is 11.3. The fraction of sp³-hybridized carbons (Fsp3) is 0.130. The fourth-order valence-corrected chi connectivity index (χ4v) is 3.67. The minimum Gasteiger partial charge on any atom is -0.324 e. The van der Waals surface area contributed by atoms with Crippen LogP contribution in [0, 0.1) is 13.8 Å². The number of nitrogens with zero attached hydrogens (tertiary/aromatic N) is 5. The van der Waals surface area contributed by atoms with E-state index in [2.05, 4.69) is 41.5 Å². The molecule has 0 spiro atoms. The number of hydrogen-bond donors (Lipinski definition) is 1. The average Bonchev–Trinajstić information content (AvgIpc) is 3.33. The Hall–Kier alpha value is -3.91. The van der Waals surface area contributed by atoms with Crippen LogP contribution in [-0.2, 0) is 11.3 Å². The number of carbonyl (C=O) groups excluding carboxylic acids is 1. The Kier molecular flexibility index (Phi) is 4.79. The van der Waals surface area contributed by atoms with E-state index in [9.17, 15) is 9.59 Å². The first-order valence-corrected chi connectivity index (χ1v) is 10.4. The molecule has 5 rings (SSSR count). The second-order valence-electron chi connectivity index (χ2n) is 7.65. The predicted octanol–water partition coefficient (Wildman–Crippen LogP) is 3.72. The van der Waals surface area contributed by atoms with Crippen LogP contribution in [0.2, 0.25) is 5.02 Å². The molecule has 0 aliphatic heterocycles. The van der Waals surface area contributed by atoms with Crippen LogP contribution in [0.25, 0.3) is 22.4 Å². The van der Waals surface area contributed by atoms with Crippen LogP contribution in [0.15, 0.2) is 65.7 Å². The third-order valence-electron chi connectivity index (χ3n) is 5.42. The molecule has 0 saturated carbocycles. The molecule has 0 aliphatic rings. The average molecular weight is 447 g/mol. The number of benzene rings is 2. The summed E-state index contributed by atoms with van der Waals surface area (Å²) in [6.45, 7) is 3.91. The zero-order chi connectivity index (χ0) is 22.4. The van der Waals surface area contributed by atoms with Gasteiger partial charge in [-0.3, -0.25) is 4.79 Å². The van der Waals surface area contributed by atoms with Crippen molar-refractivity contribution in [1.82, 2.24) is 23.8 Å². The van der Waals surface area contributed by atoms with Gasteiger partial charge in [-0.2, -0.15) is 5.10 Å². The Balaban J connectivity index is 1.49. The number of anilines is 1. The Morgan fingerprint density at radius 3 is 2.53 bits per heavy atom. The maximum absolute atomic E-state index is 12.8. The molecule has 0 aliphatic carbocycles. The zero-order valence-corrected chi connectivity index (χ0v) is 18.2. The van der Waals surface area contributed by atoms with Gasteiger partial charge >= 0.3 is 5.69 Å². The molecular weight excluding hydrogens is 428 g/mol. The van der Waals surface area contributed by atoms with Crippen molar-refractivity contribution in [1.29, 1.82) is 0 Å².